The van der Waals surface area contributed by atoms with Crippen LogP contribution in [-0.2, 0) is 0 Å². The molecule has 0 aliphatic heterocycles. The van der Waals surface area contributed by atoms with Gasteiger partial charge in [0.1, 0.15) is 0 Å². The van der Waals surface area contributed by atoms with E-state index in [1.165, 1.54) is 30.8 Å². The van der Waals surface area contributed by atoms with E-state index in [2.05, 4.69) is 44.9 Å². The van der Waals surface area contributed by atoms with Crippen LogP contribution in [0.15, 0.2) is 0 Å². The largest absolute Gasteiger partial charge is 0.316 e. The summed E-state index contributed by atoms with van der Waals surface area (Å²) in [7, 11) is 2.07. The summed E-state index contributed by atoms with van der Waals surface area (Å²) in [5.41, 5.74) is 0. The zero-order valence-electron chi connectivity index (χ0n) is 9.60. The molecule has 2 unspecified atom stereocenters. The molecule has 0 spiro atoms. The zero-order chi connectivity index (χ0) is 10.1. The average Bonchev–Trinajstić information content (AvgIpc) is 2.16. The molecule has 1 nitrogen and oxygen atoms in total. The first-order valence-corrected chi connectivity index (χ1v) is 6.65. The topological polar surface area (TPSA) is 12.0 Å². The smallest absolute Gasteiger partial charge is 0.0155 e. The van der Waals surface area contributed by atoms with E-state index in [9.17, 15) is 0 Å². The van der Waals surface area contributed by atoms with Crippen molar-refractivity contribution in [2.24, 2.45) is 5.92 Å². The first-order valence-electron chi connectivity index (χ1n) is 5.49. The van der Waals surface area contributed by atoms with E-state index in [0.717, 1.165) is 12.0 Å². The van der Waals surface area contributed by atoms with Crippen molar-refractivity contribution >= 4 is 11.8 Å². The van der Waals surface area contributed by atoms with E-state index in [1.807, 2.05) is 0 Å². The molecular weight excluding hydrogens is 178 g/mol. The van der Waals surface area contributed by atoms with Crippen LogP contribution < -0.4 is 5.32 Å². The molecule has 2 atom stereocenters. The van der Waals surface area contributed by atoms with Gasteiger partial charge in [0, 0.05) is 11.8 Å². The minimum absolute atomic E-state index is 0.721. The van der Waals surface area contributed by atoms with Crippen molar-refractivity contribution in [1.29, 1.82) is 0 Å². The van der Waals surface area contributed by atoms with Gasteiger partial charge in [-0.15, -0.1) is 0 Å². The van der Waals surface area contributed by atoms with Gasteiger partial charge in [-0.2, -0.15) is 11.8 Å². The molecule has 0 aromatic rings. The van der Waals surface area contributed by atoms with E-state index >= 15 is 0 Å². The van der Waals surface area contributed by atoms with Crippen LogP contribution in [0.25, 0.3) is 0 Å². The second kappa shape index (κ2) is 8.89. The Hall–Kier alpha value is 0.310. The van der Waals surface area contributed by atoms with Crippen molar-refractivity contribution in [3.05, 3.63) is 0 Å². The fourth-order valence-electron chi connectivity index (χ4n) is 1.19. The lowest BCUT2D eigenvalue weighted by molar-refractivity contribution is 0.563. The summed E-state index contributed by atoms with van der Waals surface area (Å²) < 4.78 is 0. The van der Waals surface area contributed by atoms with E-state index < -0.39 is 0 Å². The second-order valence-electron chi connectivity index (χ2n) is 3.83. The third-order valence-corrected chi connectivity index (χ3v) is 3.91. The van der Waals surface area contributed by atoms with Gasteiger partial charge in [-0.3, -0.25) is 0 Å². The van der Waals surface area contributed by atoms with Gasteiger partial charge in [0.15, 0.2) is 0 Å². The Morgan fingerprint density at radius 2 is 1.92 bits per heavy atom. The lowest BCUT2D eigenvalue weighted by atomic mass is 10.2. The highest BCUT2D eigenvalue weighted by Gasteiger charge is 2.05. The van der Waals surface area contributed by atoms with Crippen LogP contribution in [-0.4, -0.2) is 24.6 Å². The van der Waals surface area contributed by atoms with E-state index in [1.54, 1.807) is 0 Å². The van der Waals surface area contributed by atoms with Crippen LogP contribution >= 0.6 is 11.8 Å². The standard InChI is InChI=1S/C11H25NS/c1-5-7-11(12-4)9-13-8-10(3)6-2/h10-12H,5-9H2,1-4H3. The number of nitrogens with one attached hydrogen (secondary N) is 1. The normalized spacial score (nSPS) is 15.7. The fraction of sp³-hybridized carbons (Fsp3) is 1.00. The van der Waals surface area contributed by atoms with Gasteiger partial charge >= 0.3 is 0 Å². The van der Waals surface area contributed by atoms with Crippen LogP contribution in [0.4, 0.5) is 0 Å². The van der Waals surface area contributed by atoms with Crippen LogP contribution in [0, 0.1) is 5.92 Å². The zero-order valence-corrected chi connectivity index (χ0v) is 10.4. The van der Waals surface area contributed by atoms with Crippen LogP contribution in [0.5, 0.6) is 0 Å². The maximum atomic E-state index is 3.37. The summed E-state index contributed by atoms with van der Waals surface area (Å²) in [5.74, 6) is 3.47. The molecule has 0 radical (unpaired) electrons. The minimum atomic E-state index is 0.721. The molecule has 13 heavy (non-hydrogen) atoms. The molecule has 0 aromatic heterocycles. The van der Waals surface area contributed by atoms with Gasteiger partial charge in [0.05, 0.1) is 0 Å². The monoisotopic (exact) mass is 203 g/mol. The number of thioether (sulfide) groups is 1. The van der Waals surface area contributed by atoms with Crippen molar-refractivity contribution in [3.63, 3.8) is 0 Å². The summed E-state index contributed by atoms with van der Waals surface area (Å²) in [6.07, 6.45) is 3.91. The molecule has 0 aromatic carbocycles. The first-order chi connectivity index (χ1) is 6.24. The van der Waals surface area contributed by atoms with Crippen LogP contribution in [0.3, 0.4) is 0 Å². The third kappa shape index (κ3) is 7.39. The van der Waals surface area contributed by atoms with Crippen molar-refractivity contribution in [1.82, 2.24) is 5.32 Å². The molecular formula is C11H25NS. The maximum Gasteiger partial charge on any atom is 0.0155 e. The first kappa shape index (κ1) is 13.3. The molecule has 0 aliphatic rings. The van der Waals surface area contributed by atoms with Crippen LogP contribution in [0.1, 0.15) is 40.0 Å². The Balaban J connectivity index is 3.37. The number of rotatable bonds is 8. The highest BCUT2D eigenvalue weighted by molar-refractivity contribution is 7.99. The van der Waals surface area contributed by atoms with E-state index in [0.29, 0.717) is 0 Å². The van der Waals surface area contributed by atoms with Gasteiger partial charge in [0.25, 0.3) is 0 Å². The molecule has 0 saturated carbocycles. The van der Waals surface area contributed by atoms with Crippen molar-refractivity contribution in [3.8, 4) is 0 Å². The summed E-state index contributed by atoms with van der Waals surface area (Å²) in [6.45, 7) is 6.86. The van der Waals surface area contributed by atoms with Crippen molar-refractivity contribution in [2.45, 2.75) is 46.1 Å². The predicted molar refractivity (Wildman–Crippen MR) is 64.5 cm³/mol. The highest BCUT2D eigenvalue weighted by atomic mass is 32.2. The molecule has 0 saturated heterocycles. The molecule has 0 rings (SSSR count). The SMILES string of the molecule is CCCC(CSCC(C)CC)NC. The molecule has 80 valence electrons. The van der Waals surface area contributed by atoms with E-state index in [-0.39, 0.29) is 0 Å². The number of hydrogen-bond acceptors (Lipinski definition) is 2. The molecule has 0 bridgehead atoms. The Kier molecular flexibility index (Phi) is 9.10. The maximum absolute atomic E-state index is 3.37. The number of hydrogen-bond donors (Lipinski definition) is 1. The Morgan fingerprint density at radius 3 is 2.38 bits per heavy atom. The molecule has 0 heterocycles. The summed E-state index contributed by atoms with van der Waals surface area (Å²) >= 11 is 2.10. The molecule has 2 heteroatoms. The molecule has 0 aliphatic carbocycles. The lowest BCUT2D eigenvalue weighted by Gasteiger charge is -2.15. The highest BCUT2D eigenvalue weighted by Crippen LogP contribution is 2.13. The lowest BCUT2D eigenvalue weighted by Crippen LogP contribution is -2.27. The van der Waals surface area contributed by atoms with Gasteiger partial charge in [0.2, 0.25) is 0 Å². The van der Waals surface area contributed by atoms with Gasteiger partial charge < -0.3 is 5.32 Å². The molecule has 0 fully saturated rings. The minimum Gasteiger partial charge on any atom is -0.316 e. The summed E-state index contributed by atoms with van der Waals surface area (Å²) in [6, 6.07) is 0.721. The fourth-order valence-corrected chi connectivity index (χ4v) is 2.58. The van der Waals surface area contributed by atoms with E-state index in [4.69, 9.17) is 0 Å². The van der Waals surface area contributed by atoms with Crippen LogP contribution in [0.2, 0.25) is 0 Å². The summed E-state index contributed by atoms with van der Waals surface area (Å²) in [5, 5.41) is 3.37. The Morgan fingerprint density at radius 1 is 1.23 bits per heavy atom. The average molecular weight is 203 g/mol. The Labute approximate surface area is 88.1 Å². The van der Waals surface area contributed by atoms with Crippen molar-refractivity contribution < 1.29 is 0 Å². The van der Waals surface area contributed by atoms with Crippen molar-refractivity contribution in [2.75, 3.05) is 18.6 Å². The second-order valence-corrected chi connectivity index (χ2v) is 4.90. The van der Waals surface area contributed by atoms with Gasteiger partial charge in [-0.1, -0.05) is 33.6 Å². The molecule has 0 amide bonds. The molecule has 1 N–H and O–H groups in total. The third-order valence-electron chi connectivity index (χ3n) is 2.46. The summed E-state index contributed by atoms with van der Waals surface area (Å²) in [4.78, 5) is 0. The van der Waals surface area contributed by atoms with Gasteiger partial charge in [-0.25, -0.2) is 0 Å². The Bertz CT molecular complexity index is 106. The quantitative estimate of drug-likeness (QED) is 0.650. The van der Waals surface area contributed by atoms with Gasteiger partial charge in [-0.05, 0) is 25.1 Å². The predicted octanol–water partition coefficient (Wildman–Crippen LogP) is 3.15.